The number of hydrogen-bond acceptors (Lipinski definition) is 4. The van der Waals surface area contributed by atoms with Crippen LogP contribution in [-0.2, 0) is 11.2 Å². The van der Waals surface area contributed by atoms with Gasteiger partial charge in [0.15, 0.2) is 0 Å². The summed E-state index contributed by atoms with van der Waals surface area (Å²) in [4.78, 5) is 17.0. The number of hydrogen-bond donors (Lipinski definition) is 0. The lowest BCUT2D eigenvalue weighted by Gasteiger charge is -2.24. The van der Waals surface area contributed by atoms with Gasteiger partial charge < -0.3 is 4.74 Å². The second kappa shape index (κ2) is 12.6. The van der Waals surface area contributed by atoms with E-state index in [0.717, 1.165) is 46.3 Å². The van der Waals surface area contributed by atoms with Gasteiger partial charge in [-0.3, -0.25) is 0 Å². The minimum Gasteiger partial charge on any atom is -0.465 e. The SMILES string of the molecule is COC(=O)c1ccccc1CCC(SCC(C)(C)C)c1cccc(/C=C/c2ccc3ccc(Cl)cc3n2)c1. The molecule has 0 aliphatic carbocycles. The van der Waals surface area contributed by atoms with Crippen LogP contribution in [-0.4, -0.2) is 23.8 Å². The van der Waals surface area contributed by atoms with Crippen molar-refractivity contribution in [3.05, 3.63) is 112 Å². The number of esters is 1. The van der Waals surface area contributed by atoms with Crippen LogP contribution in [0.1, 0.15) is 65.2 Å². The molecule has 0 spiro atoms. The second-order valence-corrected chi connectivity index (χ2v) is 12.3. The molecule has 1 unspecified atom stereocenters. The highest BCUT2D eigenvalue weighted by atomic mass is 35.5. The molecular weight excluding hydrogens is 510 g/mol. The average Bonchev–Trinajstić information content (AvgIpc) is 2.91. The maximum absolute atomic E-state index is 12.3. The van der Waals surface area contributed by atoms with Crippen LogP contribution in [0.4, 0.5) is 0 Å². The van der Waals surface area contributed by atoms with Crippen LogP contribution in [0, 0.1) is 5.41 Å². The van der Waals surface area contributed by atoms with Gasteiger partial charge in [0, 0.05) is 15.7 Å². The summed E-state index contributed by atoms with van der Waals surface area (Å²) in [5.41, 5.74) is 6.09. The van der Waals surface area contributed by atoms with Crippen molar-refractivity contribution in [1.82, 2.24) is 4.98 Å². The summed E-state index contributed by atoms with van der Waals surface area (Å²) in [5, 5.41) is 2.06. The van der Waals surface area contributed by atoms with E-state index in [1.54, 1.807) is 0 Å². The van der Waals surface area contributed by atoms with Gasteiger partial charge in [-0.1, -0.05) is 93.0 Å². The van der Waals surface area contributed by atoms with Crippen LogP contribution >= 0.6 is 23.4 Å². The molecule has 4 aromatic rings. The Hall–Kier alpha value is -3.08. The molecule has 0 saturated heterocycles. The predicted octanol–water partition coefficient (Wildman–Crippen LogP) is 9.30. The van der Waals surface area contributed by atoms with Gasteiger partial charge in [-0.25, -0.2) is 9.78 Å². The van der Waals surface area contributed by atoms with Gasteiger partial charge >= 0.3 is 5.97 Å². The summed E-state index contributed by atoms with van der Waals surface area (Å²) in [6, 6.07) is 26.3. The molecule has 5 heteroatoms. The van der Waals surface area contributed by atoms with Gasteiger partial charge in [-0.05, 0) is 71.0 Å². The van der Waals surface area contributed by atoms with Crippen molar-refractivity contribution in [2.24, 2.45) is 5.41 Å². The van der Waals surface area contributed by atoms with Gasteiger partial charge in [0.1, 0.15) is 0 Å². The monoisotopic (exact) mass is 543 g/mol. The van der Waals surface area contributed by atoms with E-state index in [9.17, 15) is 4.79 Å². The van der Waals surface area contributed by atoms with Gasteiger partial charge in [-0.2, -0.15) is 11.8 Å². The average molecular weight is 544 g/mol. The fourth-order valence-electron chi connectivity index (χ4n) is 4.27. The lowest BCUT2D eigenvalue weighted by molar-refractivity contribution is 0.0599. The van der Waals surface area contributed by atoms with Gasteiger partial charge in [-0.15, -0.1) is 0 Å². The van der Waals surface area contributed by atoms with E-state index in [4.69, 9.17) is 21.3 Å². The van der Waals surface area contributed by atoms with Gasteiger partial charge in [0.05, 0.1) is 23.9 Å². The fraction of sp³-hybridized carbons (Fsp3) is 0.273. The number of ether oxygens (including phenoxy) is 1. The van der Waals surface area contributed by atoms with Gasteiger partial charge in [0.25, 0.3) is 0 Å². The highest BCUT2D eigenvalue weighted by Gasteiger charge is 2.19. The topological polar surface area (TPSA) is 39.2 Å². The Morgan fingerprint density at radius 3 is 2.58 bits per heavy atom. The highest BCUT2D eigenvalue weighted by Crippen LogP contribution is 2.38. The first-order valence-electron chi connectivity index (χ1n) is 12.8. The molecule has 1 aromatic heterocycles. The van der Waals surface area contributed by atoms with Crippen LogP contribution in [0.25, 0.3) is 23.1 Å². The minimum absolute atomic E-state index is 0.217. The summed E-state index contributed by atoms with van der Waals surface area (Å²) in [6.45, 7) is 6.81. The predicted molar refractivity (Wildman–Crippen MR) is 163 cm³/mol. The van der Waals surface area contributed by atoms with Crippen molar-refractivity contribution in [3.8, 4) is 0 Å². The van der Waals surface area contributed by atoms with Gasteiger partial charge in [0.2, 0.25) is 0 Å². The molecule has 3 nitrogen and oxygen atoms in total. The standard InChI is InChI=1S/C33H34ClNO2S/c1-33(2,3)22-38-31(19-15-24-9-5-6-11-29(24)32(36)37-4)26-10-7-8-23(20-26)12-17-28-18-14-25-13-16-27(34)21-30(25)35-28/h5-14,16-18,20-21,31H,15,19,22H2,1-4H3/b17-12+. The third kappa shape index (κ3) is 7.72. The number of benzene rings is 3. The molecule has 4 rings (SSSR count). The van der Waals surface area contributed by atoms with E-state index < -0.39 is 0 Å². The summed E-state index contributed by atoms with van der Waals surface area (Å²) < 4.78 is 5.01. The molecule has 0 aliphatic heterocycles. The number of rotatable bonds is 9. The smallest absolute Gasteiger partial charge is 0.338 e. The first kappa shape index (κ1) is 27.9. The number of carbonyl (C=O) groups excluding carboxylic acids is 1. The largest absolute Gasteiger partial charge is 0.465 e. The number of aryl methyl sites for hydroxylation is 1. The minimum atomic E-state index is -0.281. The maximum atomic E-state index is 12.3. The van der Waals surface area contributed by atoms with E-state index in [1.165, 1.54) is 12.7 Å². The van der Waals surface area contributed by atoms with E-state index >= 15 is 0 Å². The number of nitrogens with zero attached hydrogens (tertiary/aromatic N) is 1. The molecule has 0 radical (unpaired) electrons. The normalized spacial score (nSPS) is 12.7. The number of pyridine rings is 1. The number of aromatic nitrogens is 1. The van der Waals surface area contributed by atoms with Crippen molar-refractivity contribution in [2.75, 3.05) is 12.9 Å². The van der Waals surface area contributed by atoms with E-state index in [-0.39, 0.29) is 11.4 Å². The van der Waals surface area contributed by atoms with Crippen LogP contribution < -0.4 is 0 Å². The molecule has 3 aromatic carbocycles. The first-order chi connectivity index (χ1) is 18.2. The zero-order valence-corrected chi connectivity index (χ0v) is 24.0. The van der Waals surface area contributed by atoms with Crippen LogP contribution in [0.15, 0.2) is 78.9 Å². The Labute approximate surface area is 235 Å². The third-order valence-corrected chi connectivity index (χ3v) is 8.40. The molecular formula is C33H34ClNO2S. The maximum Gasteiger partial charge on any atom is 0.338 e. The Bertz CT molecular complexity index is 1440. The molecule has 0 bridgehead atoms. The highest BCUT2D eigenvalue weighted by molar-refractivity contribution is 7.99. The zero-order valence-electron chi connectivity index (χ0n) is 22.4. The number of thioether (sulfide) groups is 1. The van der Waals surface area contributed by atoms with Crippen LogP contribution in [0.2, 0.25) is 5.02 Å². The van der Waals surface area contributed by atoms with Crippen molar-refractivity contribution in [1.29, 1.82) is 0 Å². The molecule has 0 saturated carbocycles. The van der Waals surface area contributed by atoms with Crippen LogP contribution in [0.3, 0.4) is 0 Å². The summed E-state index contributed by atoms with van der Waals surface area (Å²) in [5.74, 6) is 0.760. The number of methoxy groups -OCH3 is 1. The summed E-state index contributed by atoms with van der Waals surface area (Å²) >= 11 is 8.14. The Morgan fingerprint density at radius 1 is 1.00 bits per heavy atom. The molecule has 196 valence electrons. The molecule has 1 atom stereocenters. The number of fused-ring (bicyclic) bond motifs is 1. The molecule has 0 aliphatic rings. The summed E-state index contributed by atoms with van der Waals surface area (Å²) in [7, 11) is 1.43. The van der Waals surface area contributed by atoms with Crippen molar-refractivity contribution >= 4 is 52.4 Å². The van der Waals surface area contributed by atoms with Crippen LogP contribution in [0.5, 0.6) is 0 Å². The Kier molecular flexibility index (Phi) is 9.30. The Balaban J connectivity index is 1.56. The van der Waals surface area contributed by atoms with E-state index in [1.807, 2.05) is 66.4 Å². The summed E-state index contributed by atoms with van der Waals surface area (Å²) in [6.07, 6.45) is 5.88. The lowest BCUT2D eigenvalue weighted by atomic mass is 9.98. The zero-order chi connectivity index (χ0) is 27.1. The Morgan fingerprint density at radius 2 is 1.79 bits per heavy atom. The van der Waals surface area contributed by atoms with Crippen molar-refractivity contribution in [2.45, 2.75) is 38.9 Å². The fourth-order valence-corrected chi connectivity index (χ4v) is 5.77. The van der Waals surface area contributed by atoms with Crippen molar-refractivity contribution < 1.29 is 9.53 Å². The molecule has 38 heavy (non-hydrogen) atoms. The molecule has 0 amide bonds. The quantitative estimate of drug-likeness (QED) is 0.197. The third-order valence-electron chi connectivity index (χ3n) is 6.22. The molecule has 0 N–H and O–H groups in total. The van der Waals surface area contributed by atoms with E-state index in [2.05, 4.69) is 57.2 Å². The number of carbonyl (C=O) groups is 1. The molecule has 0 fully saturated rings. The molecule has 1 heterocycles. The van der Waals surface area contributed by atoms with E-state index in [0.29, 0.717) is 15.8 Å². The lowest BCUT2D eigenvalue weighted by Crippen LogP contribution is -2.11. The number of halogens is 1. The second-order valence-electron chi connectivity index (χ2n) is 10.6. The first-order valence-corrected chi connectivity index (χ1v) is 14.3. The van der Waals surface area contributed by atoms with Crippen molar-refractivity contribution in [3.63, 3.8) is 0 Å².